The zero-order chi connectivity index (χ0) is 22.3. The molecule has 32 heavy (non-hydrogen) atoms. The summed E-state index contributed by atoms with van der Waals surface area (Å²) in [5.41, 5.74) is 2.52. The Labute approximate surface area is 186 Å². The topological polar surface area (TPSA) is 65.7 Å². The second kappa shape index (κ2) is 9.96. The Bertz CT molecular complexity index is 1250. The van der Waals surface area contributed by atoms with E-state index in [4.69, 9.17) is 13.9 Å². The summed E-state index contributed by atoms with van der Waals surface area (Å²) < 4.78 is 16.3. The highest BCUT2D eigenvalue weighted by Crippen LogP contribution is 2.24. The fraction of sp³-hybridized carbons (Fsp3) is 0.185. The van der Waals surface area contributed by atoms with E-state index in [2.05, 4.69) is 6.92 Å². The van der Waals surface area contributed by atoms with Crippen LogP contribution in [0.15, 0.2) is 88.1 Å². The van der Waals surface area contributed by atoms with Crippen molar-refractivity contribution in [1.82, 2.24) is 0 Å². The molecule has 0 bridgehead atoms. The second-order valence-corrected chi connectivity index (χ2v) is 7.50. The average Bonchev–Trinajstić information content (AvgIpc) is 2.82. The lowest BCUT2D eigenvalue weighted by Crippen LogP contribution is -2.08. The lowest BCUT2D eigenvalue weighted by Gasteiger charge is -2.08. The summed E-state index contributed by atoms with van der Waals surface area (Å²) in [4.78, 5) is 23.8. The number of carbonyl (C=O) groups excluding carboxylic acids is 1. The highest BCUT2D eigenvalue weighted by atomic mass is 16.5. The molecule has 3 aromatic carbocycles. The number of ether oxygens (including phenoxy) is 2. The normalized spacial score (nSPS) is 10.8. The van der Waals surface area contributed by atoms with Gasteiger partial charge in [0.05, 0.1) is 12.2 Å². The molecule has 0 aliphatic rings. The summed E-state index contributed by atoms with van der Waals surface area (Å²) in [6.45, 7) is 2.90. The highest BCUT2D eigenvalue weighted by molar-refractivity contribution is 5.92. The van der Waals surface area contributed by atoms with E-state index in [1.54, 1.807) is 36.4 Å². The van der Waals surface area contributed by atoms with Gasteiger partial charge in [-0.3, -0.25) is 0 Å². The van der Waals surface area contributed by atoms with Crippen LogP contribution in [0.5, 0.6) is 11.5 Å². The maximum atomic E-state index is 12.5. The third-order valence-corrected chi connectivity index (χ3v) is 5.13. The molecular formula is C27H24O5. The maximum absolute atomic E-state index is 12.5. The summed E-state index contributed by atoms with van der Waals surface area (Å²) in [5, 5.41) is 0.683. The Morgan fingerprint density at radius 2 is 1.50 bits per heavy atom. The Morgan fingerprint density at radius 3 is 2.22 bits per heavy atom. The van der Waals surface area contributed by atoms with Crippen LogP contribution in [-0.2, 0) is 0 Å². The molecule has 0 saturated carbocycles. The van der Waals surface area contributed by atoms with Crippen molar-refractivity contribution >= 4 is 16.9 Å². The molecule has 0 spiro atoms. The van der Waals surface area contributed by atoms with Crippen molar-refractivity contribution in [3.63, 3.8) is 0 Å². The summed E-state index contributed by atoms with van der Waals surface area (Å²) >= 11 is 0. The van der Waals surface area contributed by atoms with E-state index in [-0.39, 0.29) is 0 Å². The SMILES string of the molecule is CCCCCOc1ccc(-c2ccc(C(=O)Oc3ccc4oc(=O)ccc4c3)cc2)cc1. The van der Waals surface area contributed by atoms with Gasteiger partial charge in [-0.15, -0.1) is 0 Å². The van der Waals surface area contributed by atoms with Crippen molar-refractivity contribution in [2.24, 2.45) is 0 Å². The van der Waals surface area contributed by atoms with Crippen LogP contribution >= 0.6 is 0 Å². The first-order valence-corrected chi connectivity index (χ1v) is 10.7. The summed E-state index contributed by atoms with van der Waals surface area (Å²) in [6, 6.07) is 23.1. The molecule has 1 heterocycles. The van der Waals surface area contributed by atoms with Crippen molar-refractivity contribution in [3.8, 4) is 22.6 Å². The zero-order valence-electron chi connectivity index (χ0n) is 17.9. The Kier molecular flexibility index (Phi) is 6.66. The molecule has 1 aromatic heterocycles. The van der Waals surface area contributed by atoms with Crippen LogP contribution < -0.4 is 15.1 Å². The van der Waals surface area contributed by atoms with Crippen LogP contribution in [-0.4, -0.2) is 12.6 Å². The van der Waals surface area contributed by atoms with Gasteiger partial charge in [-0.2, -0.15) is 0 Å². The first-order valence-electron chi connectivity index (χ1n) is 10.7. The second-order valence-electron chi connectivity index (χ2n) is 7.50. The molecule has 0 radical (unpaired) electrons. The number of unbranched alkanes of at least 4 members (excludes halogenated alkanes) is 2. The van der Waals surface area contributed by atoms with Gasteiger partial charge in [0.25, 0.3) is 0 Å². The standard InChI is InChI=1S/C27H24O5/c1-2-3-4-17-30-23-12-9-20(10-13-23)19-5-7-21(8-6-19)27(29)31-24-14-15-25-22(18-24)11-16-26(28)32-25/h5-16,18H,2-4,17H2,1H3. The van der Waals surface area contributed by atoms with Crippen LogP contribution in [0.1, 0.15) is 36.5 Å². The predicted octanol–water partition coefficient (Wildman–Crippen LogP) is 6.25. The van der Waals surface area contributed by atoms with Crippen molar-refractivity contribution in [2.45, 2.75) is 26.2 Å². The number of esters is 1. The Morgan fingerprint density at radius 1 is 0.812 bits per heavy atom. The van der Waals surface area contributed by atoms with E-state index in [0.29, 0.717) is 22.3 Å². The van der Waals surface area contributed by atoms with E-state index in [9.17, 15) is 9.59 Å². The maximum Gasteiger partial charge on any atom is 0.343 e. The van der Waals surface area contributed by atoms with Crippen LogP contribution in [0.3, 0.4) is 0 Å². The molecule has 0 aliphatic carbocycles. The highest BCUT2D eigenvalue weighted by Gasteiger charge is 2.10. The Balaban J connectivity index is 1.40. The van der Waals surface area contributed by atoms with Crippen molar-refractivity contribution in [1.29, 1.82) is 0 Å². The third kappa shape index (κ3) is 5.24. The minimum absolute atomic E-state index is 0.384. The first-order chi connectivity index (χ1) is 15.6. The van der Waals surface area contributed by atoms with E-state index < -0.39 is 11.6 Å². The zero-order valence-corrected chi connectivity index (χ0v) is 17.9. The predicted molar refractivity (Wildman–Crippen MR) is 124 cm³/mol. The van der Waals surface area contributed by atoms with Gasteiger partial charge in [-0.1, -0.05) is 44.0 Å². The van der Waals surface area contributed by atoms with Crippen molar-refractivity contribution in [2.75, 3.05) is 6.61 Å². The van der Waals surface area contributed by atoms with Crippen molar-refractivity contribution in [3.05, 3.63) is 94.8 Å². The number of fused-ring (bicyclic) bond motifs is 1. The average molecular weight is 428 g/mol. The number of carbonyl (C=O) groups is 1. The lowest BCUT2D eigenvalue weighted by molar-refractivity contribution is 0.0735. The molecule has 0 N–H and O–H groups in total. The van der Waals surface area contributed by atoms with Crippen LogP contribution in [0.2, 0.25) is 0 Å². The van der Waals surface area contributed by atoms with Gasteiger partial charge in [0, 0.05) is 11.5 Å². The van der Waals surface area contributed by atoms with Gasteiger partial charge in [-0.05, 0) is 66.1 Å². The van der Waals surface area contributed by atoms with Crippen LogP contribution in [0.4, 0.5) is 0 Å². The minimum Gasteiger partial charge on any atom is -0.494 e. The number of hydrogen-bond acceptors (Lipinski definition) is 5. The monoisotopic (exact) mass is 428 g/mol. The first kappa shape index (κ1) is 21.4. The van der Waals surface area contributed by atoms with E-state index in [1.807, 2.05) is 36.4 Å². The molecule has 0 amide bonds. The van der Waals surface area contributed by atoms with Gasteiger partial charge in [0.2, 0.25) is 0 Å². The molecule has 0 unspecified atom stereocenters. The van der Waals surface area contributed by atoms with Crippen molar-refractivity contribution < 1.29 is 18.7 Å². The van der Waals surface area contributed by atoms with E-state index >= 15 is 0 Å². The number of hydrogen-bond donors (Lipinski definition) is 0. The number of rotatable bonds is 8. The largest absolute Gasteiger partial charge is 0.494 e. The molecule has 0 aliphatic heterocycles. The van der Waals surface area contributed by atoms with Gasteiger partial charge in [-0.25, -0.2) is 9.59 Å². The Hall–Kier alpha value is -3.86. The fourth-order valence-corrected chi connectivity index (χ4v) is 3.36. The third-order valence-electron chi connectivity index (χ3n) is 5.13. The van der Waals surface area contributed by atoms with Crippen LogP contribution in [0.25, 0.3) is 22.1 Å². The fourth-order valence-electron chi connectivity index (χ4n) is 3.36. The van der Waals surface area contributed by atoms with E-state index in [0.717, 1.165) is 29.9 Å². The molecule has 5 nitrogen and oxygen atoms in total. The minimum atomic E-state index is -0.455. The lowest BCUT2D eigenvalue weighted by atomic mass is 10.0. The molecule has 4 rings (SSSR count). The molecule has 162 valence electrons. The summed E-state index contributed by atoms with van der Waals surface area (Å²) in [6.07, 6.45) is 3.41. The molecule has 4 aromatic rings. The summed E-state index contributed by atoms with van der Waals surface area (Å²) in [5.74, 6) is 0.791. The molecule has 0 atom stereocenters. The van der Waals surface area contributed by atoms with Gasteiger partial charge in [0.1, 0.15) is 17.1 Å². The summed E-state index contributed by atoms with van der Waals surface area (Å²) in [7, 11) is 0. The number of benzene rings is 3. The van der Waals surface area contributed by atoms with E-state index in [1.165, 1.54) is 18.9 Å². The van der Waals surface area contributed by atoms with Gasteiger partial charge >= 0.3 is 11.6 Å². The molecule has 5 heteroatoms. The smallest absolute Gasteiger partial charge is 0.343 e. The van der Waals surface area contributed by atoms with Crippen LogP contribution in [0, 0.1) is 0 Å². The molecular weight excluding hydrogens is 404 g/mol. The van der Waals surface area contributed by atoms with Gasteiger partial charge in [0.15, 0.2) is 0 Å². The quantitative estimate of drug-likeness (QED) is 0.144. The molecule has 0 saturated heterocycles. The van der Waals surface area contributed by atoms with Gasteiger partial charge < -0.3 is 13.9 Å². The molecule has 0 fully saturated rings.